The molecule has 1 aromatic rings. The van der Waals surface area contributed by atoms with Crippen molar-refractivity contribution in [2.24, 2.45) is 11.8 Å². The monoisotopic (exact) mass is 501 g/mol. The maximum absolute atomic E-state index is 14.0. The number of esters is 1. The molecule has 36 heavy (non-hydrogen) atoms. The van der Waals surface area contributed by atoms with Gasteiger partial charge in [-0.3, -0.25) is 19.3 Å². The summed E-state index contributed by atoms with van der Waals surface area (Å²) in [5.41, 5.74) is -0.400. The van der Waals surface area contributed by atoms with Crippen molar-refractivity contribution in [1.29, 1.82) is 0 Å². The zero-order chi connectivity index (χ0) is 25.3. The minimum absolute atomic E-state index is 0.203. The Morgan fingerprint density at radius 2 is 2.00 bits per heavy atom. The number of morpholine rings is 1. The average Bonchev–Trinajstić information content (AvgIpc) is 3.54. The number of rotatable bonds is 9. The summed E-state index contributed by atoms with van der Waals surface area (Å²) < 4.78 is 17.1. The van der Waals surface area contributed by atoms with E-state index in [1.807, 2.05) is 30.3 Å². The van der Waals surface area contributed by atoms with Crippen LogP contribution in [0.15, 0.2) is 30.3 Å². The lowest BCUT2D eigenvalue weighted by atomic mass is 9.71. The summed E-state index contributed by atoms with van der Waals surface area (Å²) in [4.78, 5) is 44.4. The zero-order valence-corrected chi connectivity index (χ0v) is 20.6. The topological polar surface area (TPSA) is 118 Å². The summed E-state index contributed by atoms with van der Waals surface area (Å²) in [7, 11) is 0. The Kier molecular flexibility index (Phi) is 7.30. The Morgan fingerprint density at radius 1 is 1.25 bits per heavy atom. The lowest BCUT2D eigenvalue weighted by molar-refractivity contribution is -0.155. The molecule has 0 aliphatic carbocycles. The van der Waals surface area contributed by atoms with Crippen molar-refractivity contribution >= 4 is 17.8 Å². The van der Waals surface area contributed by atoms with Crippen molar-refractivity contribution in [3.63, 3.8) is 0 Å². The highest BCUT2D eigenvalue weighted by molar-refractivity contribution is 5.98. The largest absolute Gasteiger partial charge is 0.466 e. The fourth-order valence-electron chi connectivity index (χ4n) is 6.52. The Morgan fingerprint density at radius 3 is 2.69 bits per heavy atom. The van der Waals surface area contributed by atoms with Gasteiger partial charge in [0.15, 0.2) is 0 Å². The van der Waals surface area contributed by atoms with Gasteiger partial charge in [-0.15, -0.1) is 0 Å². The molecule has 4 aliphatic heterocycles. The number of fused-ring (bicyclic) bond motifs is 1. The van der Waals surface area contributed by atoms with Crippen molar-refractivity contribution in [2.45, 2.75) is 43.6 Å². The minimum Gasteiger partial charge on any atom is -0.466 e. The highest BCUT2D eigenvalue weighted by Crippen LogP contribution is 2.59. The third kappa shape index (κ3) is 4.19. The number of hydrogen-bond acceptors (Lipinski definition) is 8. The molecule has 4 saturated heterocycles. The molecular formula is C26H35N3O7. The number of nitrogens with zero attached hydrogens (tertiary/aromatic N) is 2. The second-order valence-corrected chi connectivity index (χ2v) is 9.91. The number of amides is 2. The molecule has 0 saturated carbocycles. The molecule has 10 nitrogen and oxygen atoms in total. The molecule has 2 N–H and O–H groups in total. The van der Waals surface area contributed by atoms with E-state index in [9.17, 15) is 19.5 Å². The lowest BCUT2D eigenvalue weighted by Gasteiger charge is -2.37. The molecular weight excluding hydrogens is 466 g/mol. The summed E-state index contributed by atoms with van der Waals surface area (Å²) in [5.74, 6) is -2.70. The number of ether oxygens (including phenoxy) is 3. The Hall–Kier alpha value is -2.53. The molecule has 4 heterocycles. The van der Waals surface area contributed by atoms with Gasteiger partial charge in [0, 0.05) is 26.2 Å². The van der Waals surface area contributed by atoms with Crippen molar-refractivity contribution in [3.05, 3.63) is 35.9 Å². The van der Waals surface area contributed by atoms with Crippen molar-refractivity contribution in [1.82, 2.24) is 15.1 Å². The number of benzene rings is 1. The minimum atomic E-state index is -1.12. The van der Waals surface area contributed by atoms with E-state index in [0.717, 1.165) is 18.7 Å². The number of likely N-dealkylation sites (tertiary alicyclic amines) is 1. The van der Waals surface area contributed by atoms with Gasteiger partial charge in [-0.05, 0) is 25.3 Å². The quantitative estimate of drug-likeness (QED) is 0.458. The lowest BCUT2D eigenvalue weighted by Crippen LogP contribution is -2.57. The molecule has 196 valence electrons. The van der Waals surface area contributed by atoms with Gasteiger partial charge >= 0.3 is 5.97 Å². The first-order valence-corrected chi connectivity index (χ1v) is 12.9. The summed E-state index contributed by atoms with van der Waals surface area (Å²) >= 11 is 0. The molecule has 6 atom stereocenters. The first-order chi connectivity index (χ1) is 17.5. The van der Waals surface area contributed by atoms with Crippen LogP contribution in [-0.2, 0) is 28.6 Å². The van der Waals surface area contributed by atoms with Crippen LogP contribution < -0.4 is 5.32 Å². The molecule has 4 aliphatic rings. The van der Waals surface area contributed by atoms with Crippen LogP contribution in [0.3, 0.4) is 0 Å². The molecule has 1 spiro atoms. The summed E-state index contributed by atoms with van der Waals surface area (Å²) in [6, 6.07) is 7.48. The average molecular weight is 502 g/mol. The fraction of sp³-hybridized carbons (Fsp3) is 0.654. The van der Waals surface area contributed by atoms with Crippen LogP contribution in [0.5, 0.6) is 0 Å². The van der Waals surface area contributed by atoms with E-state index in [0.29, 0.717) is 39.1 Å². The van der Waals surface area contributed by atoms with Crippen LogP contribution in [-0.4, -0.2) is 103 Å². The smallest absolute Gasteiger partial charge is 0.312 e. The maximum Gasteiger partial charge on any atom is 0.312 e. The second kappa shape index (κ2) is 10.5. The SMILES string of the molecule is CCOC(=O)[C@@H]1[C@@H]2CCC3(O2)C(C(=O)NCCN2CCOCC2)N([C@H](CO)c2ccccc2)C(=O)[C@H]13. The van der Waals surface area contributed by atoms with Crippen LogP contribution in [0.2, 0.25) is 0 Å². The van der Waals surface area contributed by atoms with Gasteiger partial charge in [0.1, 0.15) is 11.6 Å². The fourth-order valence-corrected chi connectivity index (χ4v) is 6.52. The van der Waals surface area contributed by atoms with Crippen LogP contribution >= 0.6 is 0 Å². The van der Waals surface area contributed by atoms with Gasteiger partial charge in [0.25, 0.3) is 0 Å². The first-order valence-electron chi connectivity index (χ1n) is 12.9. The van der Waals surface area contributed by atoms with Gasteiger partial charge in [-0.2, -0.15) is 0 Å². The Balaban J connectivity index is 1.45. The van der Waals surface area contributed by atoms with E-state index < -0.39 is 41.6 Å². The summed E-state index contributed by atoms with van der Waals surface area (Å²) in [6.45, 7) is 5.61. The Labute approximate surface area is 210 Å². The van der Waals surface area contributed by atoms with Crippen molar-refractivity contribution in [2.75, 3.05) is 52.6 Å². The van der Waals surface area contributed by atoms with E-state index in [1.54, 1.807) is 6.92 Å². The molecule has 2 unspecified atom stereocenters. The second-order valence-electron chi connectivity index (χ2n) is 9.91. The molecule has 10 heteroatoms. The number of carbonyl (C=O) groups excluding carboxylic acids is 3. The number of carbonyl (C=O) groups is 3. The van der Waals surface area contributed by atoms with Crippen molar-refractivity contribution in [3.8, 4) is 0 Å². The van der Waals surface area contributed by atoms with Gasteiger partial charge in [-0.25, -0.2) is 0 Å². The van der Waals surface area contributed by atoms with Crippen LogP contribution in [0, 0.1) is 11.8 Å². The molecule has 4 fully saturated rings. The number of aliphatic hydroxyl groups excluding tert-OH is 1. The Bertz CT molecular complexity index is 970. The van der Waals surface area contributed by atoms with E-state index in [4.69, 9.17) is 14.2 Å². The van der Waals surface area contributed by atoms with Gasteiger partial charge in [0.05, 0.1) is 50.4 Å². The van der Waals surface area contributed by atoms with Crippen LogP contribution in [0.25, 0.3) is 0 Å². The van der Waals surface area contributed by atoms with Gasteiger partial charge < -0.3 is 29.5 Å². The normalized spacial score (nSPS) is 32.4. The summed E-state index contributed by atoms with van der Waals surface area (Å²) in [5, 5.41) is 13.4. The standard InChI is InChI=1S/C26H35N3O7/c1-2-35-25(33)20-19-8-9-26(36-19)21(20)24(32)29(18(16-30)17-6-4-3-5-7-17)22(26)23(31)27-10-11-28-12-14-34-15-13-28/h3-7,18-22,30H,2,8-16H2,1H3,(H,27,31)/t18-,19+,20-,21+,22?,26?/m1/s1. The molecule has 0 radical (unpaired) electrons. The van der Waals surface area contributed by atoms with Crippen LogP contribution in [0.1, 0.15) is 31.4 Å². The van der Waals surface area contributed by atoms with Gasteiger partial charge in [0.2, 0.25) is 11.8 Å². The number of aliphatic hydroxyl groups is 1. The number of nitrogens with one attached hydrogen (secondary N) is 1. The molecule has 1 aromatic carbocycles. The van der Waals surface area contributed by atoms with E-state index in [-0.39, 0.29) is 25.0 Å². The molecule has 5 rings (SSSR count). The van der Waals surface area contributed by atoms with Gasteiger partial charge in [-0.1, -0.05) is 30.3 Å². The highest BCUT2D eigenvalue weighted by Gasteiger charge is 2.75. The third-order valence-corrected chi connectivity index (χ3v) is 8.07. The zero-order valence-electron chi connectivity index (χ0n) is 20.6. The molecule has 2 amide bonds. The van der Waals surface area contributed by atoms with E-state index >= 15 is 0 Å². The predicted octanol–water partition coefficient (Wildman–Crippen LogP) is 0.106. The predicted molar refractivity (Wildman–Crippen MR) is 128 cm³/mol. The van der Waals surface area contributed by atoms with E-state index in [2.05, 4.69) is 10.2 Å². The maximum atomic E-state index is 14.0. The first kappa shape index (κ1) is 25.1. The third-order valence-electron chi connectivity index (χ3n) is 8.07. The highest BCUT2D eigenvalue weighted by atomic mass is 16.6. The number of hydrogen-bond donors (Lipinski definition) is 2. The van der Waals surface area contributed by atoms with E-state index in [1.165, 1.54) is 4.90 Å². The molecule has 2 bridgehead atoms. The van der Waals surface area contributed by atoms with Crippen LogP contribution in [0.4, 0.5) is 0 Å². The summed E-state index contributed by atoms with van der Waals surface area (Å²) in [6.07, 6.45) is 0.621. The molecule has 0 aromatic heterocycles. The van der Waals surface area contributed by atoms with Crippen molar-refractivity contribution < 1.29 is 33.7 Å².